The molecule has 21 heavy (non-hydrogen) atoms. The first kappa shape index (κ1) is 17.5. The van der Waals surface area contributed by atoms with Gasteiger partial charge in [-0.15, -0.1) is 0 Å². The monoisotopic (exact) mass is 291 g/mol. The molecule has 0 amide bonds. The number of carbonyl (C=O) groups is 1. The van der Waals surface area contributed by atoms with Gasteiger partial charge in [0.1, 0.15) is 0 Å². The number of unbranched alkanes of at least 4 members (excludes halogenated alkanes) is 7. The lowest BCUT2D eigenvalue weighted by molar-refractivity contribution is 0.0497. The van der Waals surface area contributed by atoms with Crippen molar-refractivity contribution in [3.05, 3.63) is 29.3 Å². The largest absolute Gasteiger partial charge is 0.462 e. The predicted octanol–water partition coefficient (Wildman–Crippen LogP) is 4.87. The van der Waals surface area contributed by atoms with Gasteiger partial charge in [-0.2, -0.15) is 0 Å². The van der Waals surface area contributed by atoms with Crippen molar-refractivity contribution in [1.82, 2.24) is 0 Å². The van der Waals surface area contributed by atoms with Crippen LogP contribution in [0.1, 0.15) is 74.2 Å². The Hall–Kier alpha value is -1.51. The van der Waals surface area contributed by atoms with E-state index in [-0.39, 0.29) is 5.97 Å². The Morgan fingerprint density at radius 2 is 1.67 bits per heavy atom. The number of nitrogens with two attached hydrogens (primary N) is 1. The SMILES string of the molecule is CCCCCCCCCCOC(=O)c1ccc(N)c(C)c1. The molecule has 1 aromatic rings. The van der Waals surface area contributed by atoms with Crippen LogP contribution in [0.15, 0.2) is 18.2 Å². The Labute approximate surface area is 128 Å². The molecule has 0 atom stereocenters. The normalized spacial score (nSPS) is 10.6. The van der Waals surface area contributed by atoms with E-state index in [0.717, 1.165) is 18.4 Å². The lowest BCUT2D eigenvalue weighted by atomic mass is 10.1. The van der Waals surface area contributed by atoms with E-state index in [2.05, 4.69) is 6.92 Å². The topological polar surface area (TPSA) is 52.3 Å². The van der Waals surface area contributed by atoms with Crippen molar-refractivity contribution < 1.29 is 9.53 Å². The summed E-state index contributed by atoms with van der Waals surface area (Å²) in [7, 11) is 0. The summed E-state index contributed by atoms with van der Waals surface area (Å²) in [6.45, 7) is 4.64. The molecule has 0 aromatic heterocycles. The third-order valence-electron chi connectivity index (χ3n) is 3.74. The van der Waals surface area contributed by atoms with Crippen LogP contribution < -0.4 is 5.73 Å². The average molecular weight is 291 g/mol. The molecule has 0 heterocycles. The second kappa shape index (κ2) is 10.3. The molecule has 3 nitrogen and oxygen atoms in total. The number of nitrogen functional groups attached to an aromatic ring is 1. The molecular formula is C18H29NO2. The molecule has 0 unspecified atom stereocenters. The summed E-state index contributed by atoms with van der Waals surface area (Å²) in [4.78, 5) is 11.9. The van der Waals surface area contributed by atoms with Crippen LogP contribution in [0.2, 0.25) is 0 Å². The van der Waals surface area contributed by atoms with Crippen LogP contribution in [0, 0.1) is 6.92 Å². The highest BCUT2D eigenvalue weighted by Gasteiger charge is 2.07. The van der Waals surface area contributed by atoms with Crippen LogP contribution in [-0.4, -0.2) is 12.6 Å². The summed E-state index contributed by atoms with van der Waals surface area (Å²) < 4.78 is 5.29. The minimum absolute atomic E-state index is 0.249. The first-order chi connectivity index (χ1) is 10.1. The van der Waals surface area contributed by atoms with E-state index in [1.807, 2.05) is 6.92 Å². The van der Waals surface area contributed by atoms with E-state index in [9.17, 15) is 4.79 Å². The van der Waals surface area contributed by atoms with E-state index in [0.29, 0.717) is 17.9 Å². The summed E-state index contributed by atoms with van der Waals surface area (Å²) >= 11 is 0. The third-order valence-corrected chi connectivity index (χ3v) is 3.74. The molecule has 0 radical (unpaired) electrons. The Balaban J connectivity index is 2.09. The fraction of sp³-hybridized carbons (Fsp3) is 0.611. The van der Waals surface area contributed by atoms with E-state index >= 15 is 0 Å². The van der Waals surface area contributed by atoms with Crippen molar-refractivity contribution in [2.45, 2.75) is 65.2 Å². The molecular weight excluding hydrogens is 262 g/mol. The lowest BCUT2D eigenvalue weighted by Gasteiger charge is -2.07. The van der Waals surface area contributed by atoms with Crippen molar-refractivity contribution in [3.63, 3.8) is 0 Å². The molecule has 1 rings (SSSR count). The summed E-state index contributed by atoms with van der Waals surface area (Å²) in [5.41, 5.74) is 7.94. The fourth-order valence-corrected chi connectivity index (χ4v) is 2.29. The van der Waals surface area contributed by atoms with Crippen molar-refractivity contribution in [2.24, 2.45) is 0 Å². The number of ether oxygens (including phenoxy) is 1. The number of carbonyl (C=O) groups excluding carboxylic acids is 1. The summed E-state index contributed by atoms with van der Waals surface area (Å²) in [5.74, 6) is -0.249. The van der Waals surface area contributed by atoms with Crippen LogP contribution in [-0.2, 0) is 4.74 Å². The van der Waals surface area contributed by atoms with Crippen LogP contribution in [0.3, 0.4) is 0 Å². The molecule has 0 bridgehead atoms. The minimum Gasteiger partial charge on any atom is -0.462 e. The second-order valence-corrected chi connectivity index (χ2v) is 5.68. The van der Waals surface area contributed by atoms with Gasteiger partial charge in [0, 0.05) is 5.69 Å². The molecule has 0 spiro atoms. The van der Waals surface area contributed by atoms with E-state index < -0.39 is 0 Å². The molecule has 0 aliphatic heterocycles. The Kier molecular flexibility index (Phi) is 8.56. The zero-order valence-electron chi connectivity index (χ0n) is 13.5. The molecule has 3 heteroatoms. The van der Waals surface area contributed by atoms with Crippen LogP contribution in [0.25, 0.3) is 0 Å². The Morgan fingerprint density at radius 3 is 2.29 bits per heavy atom. The van der Waals surface area contributed by atoms with Crippen LogP contribution in [0.4, 0.5) is 5.69 Å². The number of aryl methyl sites for hydroxylation is 1. The first-order valence-corrected chi connectivity index (χ1v) is 8.18. The fourth-order valence-electron chi connectivity index (χ4n) is 2.29. The molecule has 118 valence electrons. The maximum atomic E-state index is 11.9. The second-order valence-electron chi connectivity index (χ2n) is 5.68. The van der Waals surface area contributed by atoms with Gasteiger partial charge in [-0.3, -0.25) is 0 Å². The minimum atomic E-state index is -0.249. The number of hydrogen-bond donors (Lipinski definition) is 1. The van der Waals surface area contributed by atoms with Crippen molar-refractivity contribution in [3.8, 4) is 0 Å². The van der Waals surface area contributed by atoms with E-state index in [1.165, 1.54) is 38.5 Å². The number of benzene rings is 1. The standard InChI is InChI=1S/C18H29NO2/c1-3-4-5-6-7-8-9-10-13-21-18(20)16-11-12-17(19)15(2)14-16/h11-12,14H,3-10,13,19H2,1-2H3. The van der Waals surface area contributed by atoms with Gasteiger partial charge in [0.15, 0.2) is 0 Å². The van der Waals surface area contributed by atoms with Gasteiger partial charge in [0.05, 0.1) is 12.2 Å². The Morgan fingerprint density at radius 1 is 1.05 bits per heavy atom. The molecule has 1 aromatic carbocycles. The lowest BCUT2D eigenvalue weighted by Crippen LogP contribution is -2.07. The van der Waals surface area contributed by atoms with Crippen molar-refractivity contribution >= 4 is 11.7 Å². The smallest absolute Gasteiger partial charge is 0.338 e. The van der Waals surface area contributed by atoms with Gasteiger partial charge in [-0.25, -0.2) is 4.79 Å². The maximum absolute atomic E-state index is 11.9. The highest BCUT2D eigenvalue weighted by atomic mass is 16.5. The highest BCUT2D eigenvalue weighted by molar-refractivity contribution is 5.90. The number of hydrogen-bond acceptors (Lipinski definition) is 3. The van der Waals surface area contributed by atoms with Gasteiger partial charge in [-0.1, -0.05) is 51.9 Å². The van der Waals surface area contributed by atoms with Gasteiger partial charge in [0.25, 0.3) is 0 Å². The highest BCUT2D eigenvalue weighted by Crippen LogP contribution is 2.14. The quantitative estimate of drug-likeness (QED) is 0.380. The van der Waals surface area contributed by atoms with Crippen LogP contribution >= 0.6 is 0 Å². The third kappa shape index (κ3) is 7.16. The molecule has 0 aliphatic rings. The summed E-state index contributed by atoms with van der Waals surface area (Å²) in [6, 6.07) is 5.26. The van der Waals surface area contributed by atoms with Crippen molar-refractivity contribution in [1.29, 1.82) is 0 Å². The Bertz CT molecular complexity index is 429. The number of rotatable bonds is 10. The first-order valence-electron chi connectivity index (χ1n) is 8.18. The summed E-state index contributed by atoms with van der Waals surface area (Å²) in [5, 5.41) is 0. The summed E-state index contributed by atoms with van der Waals surface area (Å²) in [6.07, 6.45) is 9.94. The molecule has 2 N–H and O–H groups in total. The molecule has 0 saturated carbocycles. The maximum Gasteiger partial charge on any atom is 0.338 e. The average Bonchev–Trinajstić information content (AvgIpc) is 2.48. The zero-order chi connectivity index (χ0) is 15.5. The van der Waals surface area contributed by atoms with E-state index in [4.69, 9.17) is 10.5 Å². The van der Waals surface area contributed by atoms with Gasteiger partial charge >= 0.3 is 5.97 Å². The molecule has 0 aliphatic carbocycles. The predicted molar refractivity (Wildman–Crippen MR) is 88.5 cm³/mol. The number of anilines is 1. The van der Waals surface area contributed by atoms with Gasteiger partial charge < -0.3 is 10.5 Å². The van der Waals surface area contributed by atoms with Gasteiger partial charge in [-0.05, 0) is 37.1 Å². The van der Waals surface area contributed by atoms with E-state index in [1.54, 1.807) is 18.2 Å². The van der Waals surface area contributed by atoms with Crippen LogP contribution in [0.5, 0.6) is 0 Å². The molecule has 0 fully saturated rings. The number of esters is 1. The zero-order valence-corrected chi connectivity index (χ0v) is 13.5. The van der Waals surface area contributed by atoms with Crippen molar-refractivity contribution in [2.75, 3.05) is 12.3 Å². The van der Waals surface area contributed by atoms with Gasteiger partial charge in [0.2, 0.25) is 0 Å². The molecule has 0 saturated heterocycles.